The molecular formula is C14H19F2NO4S. The maximum atomic E-state index is 13.4. The first kappa shape index (κ1) is 18.5. The molecule has 0 aliphatic carbocycles. The fourth-order valence-electron chi connectivity index (χ4n) is 1.64. The lowest BCUT2D eigenvalue weighted by Gasteiger charge is -2.19. The molecule has 1 aromatic carbocycles. The molecule has 0 saturated carbocycles. The number of hydrogen-bond donors (Lipinski definition) is 1. The molecule has 0 aliphatic rings. The number of ether oxygens (including phenoxy) is 1. The van der Waals surface area contributed by atoms with Crippen molar-refractivity contribution >= 4 is 16.0 Å². The van der Waals surface area contributed by atoms with E-state index in [1.54, 1.807) is 20.8 Å². The van der Waals surface area contributed by atoms with Gasteiger partial charge in [-0.1, -0.05) is 6.07 Å². The minimum absolute atomic E-state index is 0.000452. The zero-order valence-electron chi connectivity index (χ0n) is 12.7. The van der Waals surface area contributed by atoms with Crippen LogP contribution in [0.1, 0.15) is 33.6 Å². The van der Waals surface area contributed by atoms with Gasteiger partial charge >= 0.3 is 5.97 Å². The zero-order chi connectivity index (χ0) is 17.0. The molecule has 8 heteroatoms. The van der Waals surface area contributed by atoms with Crippen LogP contribution in [0.5, 0.6) is 0 Å². The number of rotatable bonds is 6. The van der Waals surface area contributed by atoms with Crippen LogP contribution in [0.15, 0.2) is 23.1 Å². The molecule has 0 unspecified atom stereocenters. The van der Waals surface area contributed by atoms with Crippen molar-refractivity contribution < 1.29 is 26.7 Å². The molecule has 0 saturated heterocycles. The van der Waals surface area contributed by atoms with Crippen molar-refractivity contribution in [3.05, 3.63) is 29.8 Å². The Bertz CT molecular complexity index is 618. The summed E-state index contributed by atoms with van der Waals surface area (Å²) >= 11 is 0. The first-order valence-electron chi connectivity index (χ1n) is 6.68. The minimum atomic E-state index is -4.31. The summed E-state index contributed by atoms with van der Waals surface area (Å²) in [6.07, 6.45) is 0.157. The molecule has 0 aromatic heterocycles. The van der Waals surface area contributed by atoms with Gasteiger partial charge in [0.2, 0.25) is 10.0 Å². The van der Waals surface area contributed by atoms with Gasteiger partial charge in [0.15, 0.2) is 4.90 Å². The SMILES string of the molecule is CC(C)(C)OC(=O)CCCNS(=O)(=O)c1c(F)cccc1F. The monoisotopic (exact) mass is 335 g/mol. The molecule has 1 rings (SSSR count). The summed E-state index contributed by atoms with van der Waals surface area (Å²) in [4.78, 5) is 10.4. The topological polar surface area (TPSA) is 72.5 Å². The van der Waals surface area contributed by atoms with Crippen LogP contribution < -0.4 is 4.72 Å². The summed E-state index contributed by atoms with van der Waals surface area (Å²) in [7, 11) is -4.31. The maximum absolute atomic E-state index is 13.4. The average molecular weight is 335 g/mol. The Kier molecular flexibility index (Phi) is 6.01. The highest BCUT2D eigenvalue weighted by molar-refractivity contribution is 7.89. The van der Waals surface area contributed by atoms with Crippen molar-refractivity contribution in [2.75, 3.05) is 6.54 Å². The van der Waals surface area contributed by atoms with Gasteiger partial charge in [0, 0.05) is 13.0 Å². The number of hydrogen-bond acceptors (Lipinski definition) is 4. The molecule has 0 amide bonds. The van der Waals surface area contributed by atoms with Crippen molar-refractivity contribution in [2.24, 2.45) is 0 Å². The molecule has 1 aromatic rings. The summed E-state index contributed by atoms with van der Waals surface area (Å²) < 4.78 is 57.7. The van der Waals surface area contributed by atoms with Gasteiger partial charge in [-0.15, -0.1) is 0 Å². The van der Waals surface area contributed by atoms with Gasteiger partial charge in [-0.2, -0.15) is 0 Å². The Labute approximate surface area is 128 Å². The molecule has 0 spiro atoms. The quantitative estimate of drug-likeness (QED) is 0.640. The van der Waals surface area contributed by atoms with Crippen LogP contribution >= 0.6 is 0 Å². The van der Waals surface area contributed by atoms with Crippen LogP contribution in [0, 0.1) is 11.6 Å². The fourth-order valence-corrected chi connectivity index (χ4v) is 2.85. The standard InChI is InChI=1S/C14H19F2NO4S/c1-14(2,3)21-12(18)8-5-9-17-22(19,20)13-10(15)6-4-7-11(13)16/h4,6-7,17H,5,8-9H2,1-3H3. The Morgan fingerprint density at radius 3 is 2.27 bits per heavy atom. The average Bonchev–Trinajstić information content (AvgIpc) is 2.32. The van der Waals surface area contributed by atoms with E-state index in [1.165, 1.54) is 0 Å². The van der Waals surface area contributed by atoms with Crippen molar-refractivity contribution in [3.8, 4) is 0 Å². The lowest BCUT2D eigenvalue weighted by atomic mass is 10.2. The summed E-state index contributed by atoms with van der Waals surface area (Å²) in [5.41, 5.74) is -0.618. The Hall–Kier alpha value is -1.54. The molecule has 5 nitrogen and oxygen atoms in total. The lowest BCUT2D eigenvalue weighted by molar-refractivity contribution is -0.154. The highest BCUT2D eigenvalue weighted by atomic mass is 32.2. The Morgan fingerprint density at radius 2 is 1.77 bits per heavy atom. The van der Waals surface area contributed by atoms with Gasteiger partial charge in [-0.25, -0.2) is 21.9 Å². The fraction of sp³-hybridized carbons (Fsp3) is 0.500. The first-order valence-corrected chi connectivity index (χ1v) is 8.17. The summed E-state index contributed by atoms with van der Waals surface area (Å²) in [6.45, 7) is 5.02. The van der Waals surface area contributed by atoms with Crippen LogP contribution in [0.2, 0.25) is 0 Å². The number of carbonyl (C=O) groups is 1. The van der Waals surface area contributed by atoms with E-state index in [2.05, 4.69) is 4.72 Å². The Balaban J connectivity index is 2.56. The van der Waals surface area contributed by atoms with Gasteiger partial charge in [0.05, 0.1) is 0 Å². The molecule has 0 fully saturated rings. The lowest BCUT2D eigenvalue weighted by Crippen LogP contribution is -2.28. The highest BCUT2D eigenvalue weighted by Crippen LogP contribution is 2.18. The van der Waals surface area contributed by atoms with Crippen molar-refractivity contribution in [2.45, 2.75) is 44.1 Å². The third-order valence-corrected chi connectivity index (χ3v) is 3.97. The number of halogens is 2. The molecule has 22 heavy (non-hydrogen) atoms. The van der Waals surface area contributed by atoms with Gasteiger partial charge in [-0.05, 0) is 39.3 Å². The van der Waals surface area contributed by atoms with E-state index < -0.39 is 38.1 Å². The predicted molar refractivity (Wildman–Crippen MR) is 76.6 cm³/mol. The van der Waals surface area contributed by atoms with Crippen LogP contribution in [-0.2, 0) is 19.6 Å². The maximum Gasteiger partial charge on any atom is 0.306 e. The van der Waals surface area contributed by atoms with Crippen LogP contribution in [-0.4, -0.2) is 26.5 Å². The van der Waals surface area contributed by atoms with Crippen molar-refractivity contribution in [1.82, 2.24) is 4.72 Å². The second kappa shape index (κ2) is 7.15. The normalized spacial score (nSPS) is 12.2. The van der Waals surface area contributed by atoms with Crippen molar-refractivity contribution in [3.63, 3.8) is 0 Å². The summed E-state index contributed by atoms with van der Waals surface area (Å²) in [5, 5.41) is 0. The largest absolute Gasteiger partial charge is 0.460 e. The number of sulfonamides is 1. The minimum Gasteiger partial charge on any atom is -0.460 e. The smallest absolute Gasteiger partial charge is 0.306 e. The molecular weight excluding hydrogens is 316 g/mol. The van der Waals surface area contributed by atoms with Gasteiger partial charge in [0.1, 0.15) is 17.2 Å². The second-order valence-electron chi connectivity index (χ2n) is 5.64. The molecule has 0 aliphatic heterocycles. The zero-order valence-corrected chi connectivity index (χ0v) is 13.5. The number of nitrogens with one attached hydrogen (secondary N) is 1. The molecule has 0 atom stereocenters. The molecule has 0 bridgehead atoms. The number of benzene rings is 1. The summed E-state index contributed by atoms with van der Waals surface area (Å²) in [5.74, 6) is -2.80. The van der Waals surface area contributed by atoms with Crippen LogP contribution in [0.4, 0.5) is 8.78 Å². The second-order valence-corrected chi connectivity index (χ2v) is 7.34. The van der Waals surface area contributed by atoms with E-state index in [0.717, 1.165) is 18.2 Å². The van der Waals surface area contributed by atoms with E-state index >= 15 is 0 Å². The van der Waals surface area contributed by atoms with Gasteiger partial charge in [0.25, 0.3) is 0 Å². The van der Waals surface area contributed by atoms with E-state index in [9.17, 15) is 22.0 Å². The van der Waals surface area contributed by atoms with E-state index in [-0.39, 0.29) is 19.4 Å². The molecule has 1 N–H and O–H groups in total. The Morgan fingerprint density at radius 1 is 1.23 bits per heavy atom. The van der Waals surface area contributed by atoms with Crippen molar-refractivity contribution in [1.29, 1.82) is 0 Å². The molecule has 124 valence electrons. The summed E-state index contributed by atoms with van der Waals surface area (Å²) in [6, 6.07) is 2.79. The van der Waals surface area contributed by atoms with E-state index in [4.69, 9.17) is 4.74 Å². The highest BCUT2D eigenvalue weighted by Gasteiger charge is 2.23. The molecule has 0 heterocycles. The van der Waals surface area contributed by atoms with Crippen LogP contribution in [0.3, 0.4) is 0 Å². The number of carbonyl (C=O) groups excluding carboxylic acids is 1. The predicted octanol–water partition coefficient (Wildman–Crippen LogP) is 2.37. The first-order chi connectivity index (χ1) is 10.0. The van der Waals surface area contributed by atoms with E-state index in [1.807, 2.05) is 0 Å². The number of esters is 1. The van der Waals surface area contributed by atoms with Gasteiger partial charge < -0.3 is 4.74 Å². The molecule has 0 radical (unpaired) electrons. The third-order valence-electron chi connectivity index (χ3n) is 2.46. The third kappa shape index (κ3) is 5.69. The van der Waals surface area contributed by atoms with Gasteiger partial charge in [-0.3, -0.25) is 4.79 Å². The van der Waals surface area contributed by atoms with Crippen LogP contribution in [0.25, 0.3) is 0 Å². The van der Waals surface area contributed by atoms with E-state index in [0.29, 0.717) is 0 Å².